The highest BCUT2D eigenvalue weighted by Crippen LogP contribution is 2.29. The van der Waals surface area contributed by atoms with E-state index >= 15 is 0 Å². The molecule has 1 aliphatic rings. The molecule has 8 nitrogen and oxygen atoms in total. The Bertz CT molecular complexity index is 887. The molecule has 3 rings (SSSR count). The zero-order valence-corrected chi connectivity index (χ0v) is 14.9. The van der Waals surface area contributed by atoms with Gasteiger partial charge >= 0.3 is 0 Å². The molecular weight excluding hydrogens is 369 g/mol. The maximum absolute atomic E-state index is 12.9. The van der Waals surface area contributed by atoms with Crippen LogP contribution in [-0.2, 0) is 14.4 Å². The summed E-state index contributed by atoms with van der Waals surface area (Å²) in [5.74, 6) is -1.33. The molecule has 1 aliphatic heterocycles. The van der Waals surface area contributed by atoms with E-state index < -0.39 is 35.7 Å². The van der Waals surface area contributed by atoms with Crippen LogP contribution in [0.4, 0.5) is 10.1 Å². The molecule has 28 heavy (non-hydrogen) atoms. The van der Waals surface area contributed by atoms with Gasteiger partial charge in [0.25, 0.3) is 11.8 Å². The number of hydrogen-bond acceptors (Lipinski definition) is 5. The van der Waals surface area contributed by atoms with E-state index in [1.165, 1.54) is 31.2 Å². The van der Waals surface area contributed by atoms with Crippen molar-refractivity contribution in [1.82, 2.24) is 10.9 Å². The van der Waals surface area contributed by atoms with Gasteiger partial charge in [0, 0.05) is 0 Å². The summed E-state index contributed by atoms with van der Waals surface area (Å²) in [7, 11) is 0. The summed E-state index contributed by atoms with van der Waals surface area (Å²) in [4.78, 5) is 36.0. The van der Waals surface area contributed by atoms with E-state index in [1.807, 2.05) is 0 Å². The molecule has 0 spiro atoms. The van der Waals surface area contributed by atoms with Crippen molar-refractivity contribution in [2.75, 3.05) is 5.32 Å². The fraction of sp³-hybridized carbons (Fsp3) is 0.211. The number of halogens is 1. The molecule has 0 radical (unpaired) electrons. The minimum Gasteiger partial charge on any atom is -0.481 e. The summed E-state index contributed by atoms with van der Waals surface area (Å²) in [6.07, 6.45) is -2.24. The zero-order valence-electron chi connectivity index (χ0n) is 14.9. The van der Waals surface area contributed by atoms with Crippen LogP contribution >= 0.6 is 0 Å². The van der Waals surface area contributed by atoms with Crippen LogP contribution in [0.25, 0.3) is 0 Å². The smallest absolute Gasteiger partial charge is 0.279 e. The first-order valence-corrected chi connectivity index (χ1v) is 8.50. The number of carbonyl (C=O) groups is 3. The van der Waals surface area contributed by atoms with Crippen LogP contribution in [0, 0.1) is 5.82 Å². The number of ether oxygens (including phenoxy) is 2. The third-order valence-corrected chi connectivity index (χ3v) is 3.90. The van der Waals surface area contributed by atoms with Crippen LogP contribution in [0.15, 0.2) is 48.5 Å². The van der Waals surface area contributed by atoms with Crippen molar-refractivity contribution in [3.05, 3.63) is 54.3 Å². The summed E-state index contributed by atoms with van der Waals surface area (Å²) in [6.45, 7) is 1.47. The number of para-hydroxylation sites is 2. The van der Waals surface area contributed by atoms with E-state index in [-0.39, 0.29) is 6.42 Å². The van der Waals surface area contributed by atoms with Gasteiger partial charge in [-0.2, -0.15) is 0 Å². The summed E-state index contributed by atoms with van der Waals surface area (Å²) < 4.78 is 23.7. The van der Waals surface area contributed by atoms with Crippen molar-refractivity contribution in [3.63, 3.8) is 0 Å². The van der Waals surface area contributed by atoms with Gasteiger partial charge in [-0.1, -0.05) is 12.1 Å². The molecule has 2 aromatic carbocycles. The van der Waals surface area contributed by atoms with Gasteiger partial charge in [0.2, 0.25) is 5.91 Å². The molecule has 146 valence electrons. The Morgan fingerprint density at radius 1 is 1.18 bits per heavy atom. The number of fused-ring (bicyclic) bond motifs is 1. The topological polar surface area (TPSA) is 106 Å². The van der Waals surface area contributed by atoms with Gasteiger partial charge in [0.05, 0.1) is 12.1 Å². The van der Waals surface area contributed by atoms with Crippen molar-refractivity contribution < 1.29 is 28.2 Å². The second-order valence-electron chi connectivity index (χ2n) is 6.05. The Morgan fingerprint density at radius 2 is 1.89 bits per heavy atom. The van der Waals surface area contributed by atoms with Gasteiger partial charge in [0.15, 0.2) is 12.2 Å². The third kappa shape index (κ3) is 4.76. The Kier molecular flexibility index (Phi) is 5.73. The predicted octanol–water partition coefficient (Wildman–Crippen LogP) is 1.53. The first kappa shape index (κ1) is 19.2. The Hall–Kier alpha value is -3.62. The number of anilines is 1. The van der Waals surface area contributed by atoms with E-state index in [2.05, 4.69) is 16.2 Å². The van der Waals surface area contributed by atoms with Crippen molar-refractivity contribution in [1.29, 1.82) is 0 Å². The summed E-state index contributed by atoms with van der Waals surface area (Å²) in [5, 5.41) is 2.65. The van der Waals surface area contributed by atoms with Crippen LogP contribution < -0.4 is 25.6 Å². The maximum atomic E-state index is 12.9. The highest BCUT2D eigenvalue weighted by Gasteiger charge is 2.29. The highest BCUT2D eigenvalue weighted by atomic mass is 19.1. The van der Waals surface area contributed by atoms with E-state index in [9.17, 15) is 18.8 Å². The molecule has 0 aliphatic carbocycles. The summed E-state index contributed by atoms with van der Waals surface area (Å²) in [6, 6.07) is 12.0. The molecule has 1 heterocycles. The van der Waals surface area contributed by atoms with Gasteiger partial charge in [-0.15, -0.1) is 0 Å². The molecule has 0 fully saturated rings. The zero-order chi connectivity index (χ0) is 20.1. The summed E-state index contributed by atoms with van der Waals surface area (Å²) >= 11 is 0. The van der Waals surface area contributed by atoms with Crippen molar-refractivity contribution in [3.8, 4) is 11.5 Å². The standard InChI is InChI=1S/C19H18FN3O5/c1-11(27-13-8-6-12(20)7-9-13)18(25)23-22-17(24)10-16-19(26)21-14-4-2-3-5-15(14)28-16/h2-9,11,16H,10H2,1H3,(H,21,26)(H,22,24)(H,23,25)/t11-,16-/m1/s1. The first-order chi connectivity index (χ1) is 13.4. The first-order valence-electron chi connectivity index (χ1n) is 8.50. The SMILES string of the molecule is C[C@@H](Oc1ccc(F)cc1)C(=O)NNC(=O)C[C@H]1Oc2ccccc2NC1=O. The third-order valence-electron chi connectivity index (χ3n) is 3.90. The van der Waals surface area contributed by atoms with Crippen LogP contribution in [0.5, 0.6) is 11.5 Å². The fourth-order valence-corrected chi connectivity index (χ4v) is 2.45. The quantitative estimate of drug-likeness (QED) is 0.675. The molecule has 2 atom stereocenters. The van der Waals surface area contributed by atoms with Crippen molar-refractivity contribution >= 4 is 23.4 Å². The van der Waals surface area contributed by atoms with Gasteiger partial charge < -0.3 is 14.8 Å². The van der Waals surface area contributed by atoms with Gasteiger partial charge in [-0.05, 0) is 43.3 Å². The van der Waals surface area contributed by atoms with Crippen molar-refractivity contribution in [2.45, 2.75) is 25.6 Å². The number of hydrogen-bond donors (Lipinski definition) is 3. The maximum Gasteiger partial charge on any atom is 0.279 e. The number of amides is 3. The number of hydrazine groups is 1. The Morgan fingerprint density at radius 3 is 2.64 bits per heavy atom. The molecule has 0 saturated heterocycles. The largest absolute Gasteiger partial charge is 0.481 e. The summed E-state index contributed by atoms with van der Waals surface area (Å²) in [5.41, 5.74) is 4.96. The lowest BCUT2D eigenvalue weighted by Gasteiger charge is -2.25. The molecule has 2 aromatic rings. The van der Waals surface area contributed by atoms with Crippen LogP contribution in [0.2, 0.25) is 0 Å². The number of benzene rings is 2. The Balaban J connectivity index is 1.46. The average Bonchev–Trinajstić information content (AvgIpc) is 2.68. The van der Waals surface area contributed by atoms with Crippen LogP contribution in [-0.4, -0.2) is 29.9 Å². The van der Waals surface area contributed by atoms with E-state index in [1.54, 1.807) is 24.3 Å². The Labute approximate surface area is 160 Å². The normalized spacial score (nSPS) is 16.1. The monoisotopic (exact) mass is 387 g/mol. The number of nitrogens with one attached hydrogen (secondary N) is 3. The van der Waals surface area contributed by atoms with Gasteiger partial charge in [-0.25, -0.2) is 4.39 Å². The minimum atomic E-state index is -1.01. The predicted molar refractivity (Wildman–Crippen MR) is 96.9 cm³/mol. The highest BCUT2D eigenvalue weighted by molar-refractivity contribution is 6.00. The molecule has 0 unspecified atom stereocenters. The van der Waals surface area contributed by atoms with Gasteiger partial charge in [0.1, 0.15) is 17.3 Å². The number of carbonyl (C=O) groups excluding carboxylic acids is 3. The van der Waals surface area contributed by atoms with E-state index in [0.29, 0.717) is 17.2 Å². The van der Waals surface area contributed by atoms with Crippen molar-refractivity contribution in [2.24, 2.45) is 0 Å². The molecule has 0 saturated carbocycles. The second-order valence-corrected chi connectivity index (χ2v) is 6.05. The molecule has 9 heteroatoms. The molecule has 3 amide bonds. The second kappa shape index (κ2) is 8.38. The van der Waals surface area contributed by atoms with Gasteiger partial charge in [-0.3, -0.25) is 25.2 Å². The van der Waals surface area contributed by atoms with Crippen LogP contribution in [0.3, 0.4) is 0 Å². The lowest BCUT2D eigenvalue weighted by atomic mass is 10.1. The lowest BCUT2D eigenvalue weighted by Crippen LogP contribution is -2.49. The average molecular weight is 387 g/mol. The molecular formula is C19H18FN3O5. The molecule has 0 bridgehead atoms. The lowest BCUT2D eigenvalue weighted by molar-refractivity contribution is -0.135. The van der Waals surface area contributed by atoms with E-state index in [4.69, 9.17) is 9.47 Å². The molecule has 0 aromatic heterocycles. The minimum absolute atomic E-state index is 0.284. The fourth-order valence-electron chi connectivity index (χ4n) is 2.45. The number of rotatable bonds is 5. The van der Waals surface area contributed by atoms with E-state index in [0.717, 1.165) is 0 Å². The van der Waals surface area contributed by atoms with Crippen LogP contribution in [0.1, 0.15) is 13.3 Å². The molecule has 3 N–H and O–H groups in total.